The lowest BCUT2D eigenvalue weighted by molar-refractivity contribution is 0.315. The third-order valence-electron chi connectivity index (χ3n) is 3.36. The summed E-state index contributed by atoms with van der Waals surface area (Å²) in [6.45, 7) is 2.27. The van der Waals surface area contributed by atoms with Gasteiger partial charge < -0.3 is 4.74 Å². The van der Waals surface area contributed by atoms with E-state index in [4.69, 9.17) is 4.74 Å². The van der Waals surface area contributed by atoms with Gasteiger partial charge in [0.05, 0.1) is 12.4 Å². The van der Waals surface area contributed by atoms with Crippen LogP contribution in [-0.4, -0.2) is 0 Å². The van der Waals surface area contributed by atoms with Crippen molar-refractivity contribution in [2.75, 3.05) is 0 Å². The first kappa shape index (κ1) is 15.1. The van der Waals surface area contributed by atoms with E-state index in [-0.39, 0.29) is 0 Å². The lowest BCUT2D eigenvalue weighted by Gasteiger charge is -2.08. The second kappa shape index (κ2) is 11.2. The Kier molecular flexibility index (Phi) is 9.41. The van der Waals surface area contributed by atoms with Gasteiger partial charge in [-0.15, -0.1) is 0 Å². The minimum absolute atomic E-state index is 1.01. The van der Waals surface area contributed by atoms with Crippen molar-refractivity contribution in [2.24, 2.45) is 0 Å². The maximum Gasteiger partial charge on any atom is 0.121 e. The van der Waals surface area contributed by atoms with Crippen molar-refractivity contribution in [3.05, 3.63) is 24.4 Å². The summed E-state index contributed by atoms with van der Waals surface area (Å²) in [4.78, 5) is 0. The minimum Gasteiger partial charge on any atom is -0.466 e. The molecule has 1 aliphatic rings. The number of allylic oxidation sites excluding steroid dienone is 1. The van der Waals surface area contributed by atoms with E-state index < -0.39 is 0 Å². The smallest absolute Gasteiger partial charge is 0.121 e. The molecule has 0 bridgehead atoms. The molecule has 1 aliphatic heterocycles. The summed E-state index contributed by atoms with van der Waals surface area (Å²) in [5, 5.41) is 4.05. The van der Waals surface area contributed by atoms with Crippen LogP contribution in [-0.2, 0) is 4.74 Å². The van der Waals surface area contributed by atoms with Crippen molar-refractivity contribution < 1.29 is 4.74 Å². The molecule has 0 unspecified atom stereocenters. The Morgan fingerprint density at radius 2 is 1.50 bits per heavy atom. The zero-order chi connectivity index (χ0) is 12.9. The Morgan fingerprint density at radius 1 is 0.889 bits per heavy atom. The summed E-state index contributed by atoms with van der Waals surface area (Å²) in [6, 6.07) is 0. The third kappa shape index (κ3) is 8.21. The molecular weight excluding hydrogens is 222 g/mol. The molecule has 0 atom stereocenters. The fourth-order valence-corrected chi connectivity index (χ4v) is 2.22. The summed E-state index contributed by atoms with van der Waals surface area (Å²) in [6.07, 6.45) is 20.0. The van der Waals surface area contributed by atoms with Crippen molar-refractivity contribution >= 4 is 0 Å². The Labute approximate surface area is 112 Å². The minimum atomic E-state index is 1.01. The van der Waals surface area contributed by atoms with E-state index in [1.807, 2.05) is 6.20 Å². The lowest BCUT2D eigenvalue weighted by Crippen LogP contribution is -1.97. The van der Waals surface area contributed by atoms with Gasteiger partial charge >= 0.3 is 0 Å². The van der Waals surface area contributed by atoms with Gasteiger partial charge in [0.25, 0.3) is 0 Å². The third-order valence-corrected chi connectivity index (χ3v) is 3.36. The molecule has 0 aromatic heterocycles. The molecular formula is C16H28NO. The summed E-state index contributed by atoms with van der Waals surface area (Å²) in [7, 11) is 0. The summed E-state index contributed by atoms with van der Waals surface area (Å²) >= 11 is 0. The molecule has 1 heterocycles. The summed E-state index contributed by atoms with van der Waals surface area (Å²) in [5.41, 5.74) is 0. The molecule has 0 spiro atoms. The van der Waals surface area contributed by atoms with Crippen LogP contribution in [0.5, 0.6) is 0 Å². The quantitative estimate of drug-likeness (QED) is 0.460. The predicted octanol–water partition coefficient (Wildman–Crippen LogP) is 5.24. The molecule has 0 saturated carbocycles. The van der Waals surface area contributed by atoms with Crippen LogP contribution in [0.15, 0.2) is 24.4 Å². The van der Waals surface area contributed by atoms with Crippen LogP contribution in [0.3, 0.4) is 0 Å². The number of rotatable bonds is 11. The molecule has 18 heavy (non-hydrogen) atoms. The van der Waals surface area contributed by atoms with Gasteiger partial charge in [0.15, 0.2) is 0 Å². The largest absolute Gasteiger partial charge is 0.466 e. The van der Waals surface area contributed by atoms with Gasteiger partial charge in [-0.2, -0.15) is 0 Å². The monoisotopic (exact) mass is 250 g/mol. The Bertz CT molecular complexity index is 245. The standard InChI is InChI=1S/C16H28NO/c1-2-3-4-5-6-7-8-9-10-11-12-16-15-17-13-14-18-16/h13-15H,2-12H2,1H3. The van der Waals surface area contributed by atoms with E-state index in [1.54, 1.807) is 12.5 Å². The van der Waals surface area contributed by atoms with Crippen molar-refractivity contribution in [3.63, 3.8) is 0 Å². The zero-order valence-electron chi connectivity index (χ0n) is 11.9. The number of hydrogen-bond acceptors (Lipinski definition) is 1. The van der Waals surface area contributed by atoms with Crippen LogP contribution < -0.4 is 5.32 Å². The van der Waals surface area contributed by atoms with Gasteiger partial charge in [-0.1, -0.05) is 64.7 Å². The van der Waals surface area contributed by atoms with Crippen molar-refractivity contribution in [3.8, 4) is 0 Å². The highest BCUT2D eigenvalue weighted by Gasteiger charge is 2.00. The Hall–Kier alpha value is -0.920. The average Bonchev–Trinajstić information content (AvgIpc) is 2.42. The van der Waals surface area contributed by atoms with Crippen LogP contribution >= 0.6 is 0 Å². The van der Waals surface area contributed by atoms with E-state index >= 15 is 0 Å². The fourth-order valence-electron chi connectivity index (χ4n) is 2.22. The average molecular weight is 250 g/mol. The first-order valence-electron chi connectivity index (χ1n) is 7.64. The van der Waals surface area contributed by atoms with Crippen molar-refractivity contribution in [1.29, 1.82) is 0 Å². The van der Waals surface area contributed by atoms with Gasteiger partial charge in [0, 0.05) is 6.42 Å². The van der Waals surface area contributed by atoms with Gasteiger partial charge in [-0.3, -0.25) is 5.32 Å². The van der Waals surface area contributed by atoms with Gasteiger partial charge in [0.1, 0.15) is 12.0 Å². The highest BCUT2D eigenvalue weighted by Crippen LogP contribution is 2.15. The predicted molar refractivity (Wildman–Crippen MR) is 76.9 cm³/mol. The molecule has 0 aromatic carbocycles. The molecule has 0 aromatic rings. The SMILES string of the molecule is CCCCCCCCCCCCC1=C[N]C=CO1. The molecule has 0 fully saturated rings. The van der Waals surface area contributed by atoms with Crippen LogP contribution in [0.1, 0.15) is 77.6 Å². The Balaban J connectivity index is 1.77. The molecule has 0 saturated heterocycles. The van der Waals surface area contributed by atoms with Gasteiger partial charge in [0.2, 0.25) is 0 Å². The van der Waals surface area contributed by atoms with Crippen LogP contribution in [0.4, 0.5) is 0 Å². The van der Waals surface area contributed by atoms with E-state index in [2.05, 4.69) is 12.2 Å². The van der Waals surface area contributed by atoms with Crippen molar-refractivity contribution in [2.45, 2.75) is 77.6 Å². The van der Waals surface area contributed by atoms with E-state index in [0.29, 0.717) is 0 Å². The van der Waals surface area contributed by atoms with Crippen LogP contribution in [0.25, 0.3) is 0 Å². The van der Waals surface area contributed by atoms with Crippen LogP contribution in [0, 0.1) is 0 Å². The highest BCUT2D eigenvalue weighted by molar-refractivity contribution is 5.00. The summed E-state index contributed by atoms with van der Waals surface area (Å²) in [5.74, 6) is 1.01. The maximum absolute atomic E-state index is 5.35. The Morgan fingerprint density at radius 3 is 2.06 bits per heavy atom. The van der Waals surface area contributed by atoms with E-state index in [0.717, 1.165) is 12.2 Å². The number of hydrogen-bond donors (Lipinski definition) is 0. The molecule has 0 amide bonds. The van der Waals surface area contributed by atoms with Gasteiger partial charge in [-0.05, 0) is 6.42 Å². The second-order valence-electron chi connectivity index (χ2n) is 5.08. The maximum atomic E-state index is 5.35. The summed E-state index contributed by atoms with van der Waals surface area (Å²) < 4.78 is 5.35. The molecule has 1 radical (unpaired) electrons. The first-order chi connectivity index (χ1) is 8.93. The molecule has 0 N–H and O–H groups in total. The number of unbranched alkanes of at least 4 members (excludes halogenated alkanes) is 9. The van der Waals surface area contributed by atoms with Crippen molar-refractivity contribution in [1.82, 2.24) is 5.32 Å². The van der Waals surface area contributed by atoms with Crippen LogP contribution in [0.2, 0.25) is 0 Å². The fraction of sp³-hybridized carbons (Fsp3) is 0.750. The van der Waals surface area contributed by atoms with E-state index in [1.165, 1.54) is 64.2 Å². The molecule has 103 valence electrons. The second-order valence-corrected chi connectivity index (χ2v) is 5.08. The zero-order valence-corrected chi connectivity index (χ0v) is 11.9. The topological polar surface area (TPSA) is 23.3 Å². The first-order valence-corrected chi connectivity index (χ1v) is 7.64. The molecule has 0 aliphatic carbocycles. The highest BCUT2D eigenvalue weighted by atomic mass is 16.5. The normalized spacial score (nSPS) is 13.9. The van der Waals surface area contributed by atoms with Gasteiger partial charge in [-0.25, -0.2) is 0 Å². The molecule has 2 nitrogen and oxygen atoms in total. The molecule has 2 heteroatoms. The number of nitrogens with zero attached hydrogens (tertiary/aromatic N) is 1. The molecule has 1 rings (SSSR count). The van der Waals surface area contributed by atoms with E-state index in [9.17, 15) is 0 Å². The lowest BCUT2D eigenvalue weighted by atomic mass is 10.1. The number of ether oxygens (including phenoxy) is 1.